The second-order valence-corrected chi connectivity index (χ2v) is 5.77. The third-order valence-electron chi connectivity index (χ3n) is 3.71. The second kappa shape index (κ2) is 9.06. The molecule has 0 amide bonds. The van der Waals surface area contributed by atoms with E-state index in [4.69, 9.17) is 18.9 Å². The lowest BCUT2D eigenvalue weighted by atomic mass is 10.0. The number of benzene rings is 2. The topological polar surface area (TPSA) is 36.9 Å². The van der Waals surface area contributed by atoms with Crippen LogP contribution >= 0.6 is 0 Å². The van der Waals surface area contributed by atoms with Crippen molar-refractivity contribution in [2.75, 3.05) is 27.4 Å². The first-order valence-corrected chi connectivity index (χ1v) is 8.22. The van der Waals surface area contributed by atoms with Crippen LogP contribution in [0.4, 0.5) is 0 Å². The monoisotopic (exact) mass is 330 g/mol. The molecule has 0 atom stereocenters. The molecular formula is C20H26O4. The van der Waals surface area contributed by atoms with E-state index < -0.39 is 0 Å². The van der Waals surface area contributed by atoms with Crippen molar-refractivity contribution >= 4 is 0 Å². The van der Waals surface area contributed by atoms with E-state index in [1.807, 2.05) is 30.3 Å². The van der Waals surface area contributed by atoms with Gasteiger partial charge in [0.2, 0.25) is 5.75 Å². The summed E-state index contributed by atoms with van der Waals surface area (Å²) in [6, 6.07) is 13.8. The van der Waals surface area contributed by atoms with Gasteiger partial charge >= 0.3 is 0 Å². The van der Waals surface area contributed by atoms with Crippen LogP contribution in [0.15, 0.2) is 42.5 Å². The SMILES string of the molecule is COc1cccc(OC)c1OCCCOc1cccc(C(C)C)c1. The summed E-state index contributed by atoms with van der Waals surface area (Å²) < 4.78 is 22.3. The number of methoxy groups -OCH3 is 2. The van der Waals surface area contributed by atoms with E-state index in [1.165, 1.54) is 5.56 Å². The van der Waals surface area contributed by atoms with Gasteiger partial charge in [0.1, 0.15) is 5.75 Å². The molecule has 0 saturated carbocycles. The number of para-hydroxylation sites is 1. The molecule has 2 aromatic carbocycles. The smallest absolute Gasteiger partial charge is 0.203 e. The summed E-state index contributed by atoms with van der Waals surface area (Å²) in [5.74, 6) is 3.36. The average molecular weight is 330 g/mol. The van der Waals surface area contributed by atoms with E-state index in [9.17, 15) is 0 Å². The van der Waals surface area contributed by atoms with Gasteiger partial charge < -0.3 is 18.9 Å². The number of rotatable bonds is 9. The fourth-order valence-electron chi connectivity index (χ4n) is 2.35. The minimum atomic E-state index is 0.495. The van der Waals surface area contributed by atoms with Crippen molar-refractivity contribution in [3.63, 3.8) is 0 Å². The first-order valence-electron chi connectivity index (χ1n) is 8.22. The largest absolute Gasteiger partial charge is 0.493 e. The minimum Gasteiger partial charge on any atom is -0.493 e. The minimum absolute atomic E-state index is 0.495. The molecule has 0 aliphatic carbocycles. The molecule has 0 heterocycles. The Bertz CT molecular complexity index is 615. The average Bonchev–Trinajstić information content (AvgIpc) is 2.61. The maximum absolute atomic E-state index is 5.82. The molecule has 130 valence electrons. The van der Waals surface area contributed by atoms with Crippen molar-refractivity contribution in [2.24, 2.45) is 0 Å². The zero-order valence-electron chi connectivity index (χ0n) is 14.9. The Balaban J connectivity index is 1.83. The third kappa shape index (κ3) is 4.82. The zero-order chi connectivity index (χ0) is 17.4. The Morgan fingerprint density at radius 3 is 2.08 bits per heavy atom. The molecule has 24 heavy (non-hydrogen) atoms. The van der Waals surface area contributed by atoms with E-state index in [2.05, 4.69) is 26.0 Å². The van der Waals surface area contributed by atoms with Crippen molar-refractivity contribution in [1.29, 1.82) is 0 Å². The molecule has 0 unspecified atom stereocenters. The highest BCUT2D eigenvalue weighted by Crippen LogP contribution is 2.36. The summed E-state index contributed by atoms with van der Waals surface area (Å²) in [5.41, 5.74) is 1.28. The Morgan fingerprint density at radius 2 is 1.46 bits per heavy atom. The highest BCUT2D eigenvalue weighted by Gasteiger charge is 2.10. The molecular weight excluding hydrogens is 304 g/mol. The molecule has 0 bridgehead atoms. The highest BCUT2D eigenvalue weighted by molar-refractivity contribution is 5.51. The fraction of sp³-hybridized carbons (Fsp3) is 0.400. The van der Waals surface area contributed by atoms with Crippen LogP contribution in [0, 0.1) is 0 Å². The van der Waals surface area contributed by atoms with Gasteiger partial charge in [-0.15, -0.1) is 0 Å². The molecule has 0 N–H and O–H groups in total. The van der Waals surface area contributed by atoms with Gasteiger partial charge in [0.25, 0.3) is 0 Å². The van der Waals surface area contributed by atoms with Gasteiger partial charge in [-0.25, -0.2) is 0 Å². The lowest BCUT2D eigenvalue weighted by Gasteiger charge is -2.14. The van der Waals surface area contributed by atoms with Crippen LogP contribution in [-0.4, -0.2) is 27.4 Å². The van der Waals surface area contributed by atoms with Crippen LogP contribution in [0.3, 0.4) is 0 Å². The van der Waals surface area contributed by atoms with Crippen LogP contribution in [0.1, 0.15) is 31.7 Å². The predicted octanol–water partition coefficient (Wildman–Crippen LogP) is 4.68. The molecule has 0 fully saturated rings. The maximum atomic E-state index is 5.82. The summed E-state index contributed by atoms with van der Waals surface area (Å²) in [4.78, 5) is 0. The standard InChI is InChI=1S/C20H26O4/c1-15(2)16-8-5-9-17(14-16)23-12-7-13-24-20-18(21-3)10-6-11-19(20)22-4/h5-6,8-11,14-15H,7,12-13H2,1-4H3. The molecule has 0 aromatic heterocycles. The molecule has 2 aromatic rings. The summed E-state index contributed by atoms with van der Waals surface area (Å²) in [7, 11) is 3.24. The summed E-state index contributed by atoms with van der Waals surface area (Å²) in [5, 5.41) is 0. The van der Waals surface area contributed by atoms with Crippen molar-refractivity contribution in [1.82, 2.24) is 0 Å². The molecule has 4 heteroatoms. The predicted molar refractivity (Wildman–Crippen MR) is 95.7 cm³/mol. The van der Waals surface area contributed by atoms with Crippen LogP contribution in [0.5, 0.6) is 23.0 Å². The van der Waals surface area contributed by atoms with Crippen molar-refractivity contribution in [3.8, 4) is 23.0 Å². The Kier molecular flexibility index (Phi) is 6.79. The van der Waals surface area contributed by atoms with Crippen LogP contribution < -0.4 is 18.9 Å². The van der Waals surface area contributed by atoms with Gasteiger partial charge in [-0.05, 0) is 35.7 Å². The van der Waals surface area contributed by atoms with E-state index in [-0.39, 0.29) is 0 Å². The van der Waals surface area contributed by atoms with Gasteiger partial charge in [-0.2, -0.15) is 0 Å². The van der Waals surface area contributed by atoms with Crippen LogP contribution in [0.25, 0.3) is 0 Å². The normalized spacial score (nSPS) is 10.5. The third-order valence-corrected chi connectivity index (χ3v) is 3.71. The van der Waals surface area contributed by atoms with Crippen LogP contribution in [0.2, 0.25) is 0 Å². The number of hydrogen-bond acceptors (Lipinski definition) is 4. The van der Waals surface area contributed by atoms with Crippen molar-refractivity contribution in [2.45, 2.75) is 26.2 Å². The van der Waals surface area contributed by atoms with E-state index in [0.29, 0.717) is 36.4 Å². The second-order valence-electron chi connectivity index (χ2n) is 5.77. The lowest BCUT2D eigenvalue weighted by molar-refractivity contribution is 0.232. The molecule has 0 saturated heterocycles. The molecule has 0 spiro atoms. The molecule has 4 nitrogen and oxygen atoms in total. The maximum Gasteiger partial charge on any atom is 0.203 e. The fourth-order valence-corrected chi connectivity index (χ4v) is 2.35. The number of ether oxygens (including phenoxy) is 4. The van der Waals surface area contributed by atoms with Crippen molar-refractivity contribution in [3.05, 3.63) is 48.0 Å². The molecule has 0 radical (unpaired) electrons. The lowest BCUT2D eigenvalue weighted by Crippen LogP contribution is -2.06. The molecule has 0 aliphatic rings. The Labute approximate surface area is 144 Å². The van der Waals surface area contributed by atoms with Gasteiger partial charge in [0, 0.05) is 6.42 Å². The van der Waals surface area contributed by atoms with Crippen molar-refractivity contribution < 1.29 is 18.9 Å². The quantitative estimate of drug-likeness (QED) is 0.626. The first kappa shape index (κ1) is 18.0. The van der Waals surface area contributed by atoms with Gasteiger partial charge in [0.15, 0.2) is 11.5 Å². The van der Waals surface area contributed by atoms with Gasteiger partial charge in [-0.3, -0.25) is 0 Å². The van der Waals surface area contributed by atoms with Crippen LogP contribution in [-0.2, 0) is 0 Å². The van der Waals surface area contributed by atoms with Gasteiger partial charge in [-0.1, -0.05) is 32.0 Å². The molecule has 2 rings (SSSR count). The summed E-state index contributed by atoms with van der Waals surface area (Å²) in [6.45, 7) is 5.47. The summed E-state index contributed by atoms with van der Waals surface area (Å²) >= 11 is 0. The Hall–Kier alpha value is -2.36. The first-order chi connectivity index (χ1) is 11.7. The summed E-state index contributed by atoms with van der Waals surface area (Å²) in [6.07, 6.45) is 0.771. The Morgan fingerprint density at radius 1 is 0.833 bits per heavy atom. The molecule has 0 aliphatic heterocycles. The van der Waals surface area contributed by atoms with E-state index in [1.54, 1.807) is 14.2 Å². The van der Waals surface area contributed by atoms with E-state index >= 15 is 0 Å². The number of hydrogen-bond donors (Lipinski definition) is 0. The van der Waals surface area contributed by atoms with Gasteiger partial charge in [0.05, 0.1) is 27.4 Å². The zero-order valence-corrected chi connectivity index (χ0v) is 14.9. The van der Waals surface area contributed by atoms with E-state index in [0.717, 1.165) is 12.2 Å². The highest BCUT2D eigenvalue weighted by atomic mass is 16.5.